The number of nitrogens with one attached hydrogen (secondary N) is 1. The van der Waals surface area contributed by atoms with Crippen LogP contribution in [0.3, 0.4) is 0 Å². The third kappa shape index (κ3) is 5.06. The number of benzene rings is 3. The van der Waals surface area contributed by atoms with Crippen LogP contribution in [-0.4, -0.2) is 4.98 Å². The van der Waals surface area contributed by atoms with Crippen molar-refractivity contribution in [2.45, 2.75) is 19.6 Å². The average molecular weight is 430 g/mol. The molecule has 1 unspecified atom stereocenters. The number of nitrogens with zero attached hydrogens (tertiary/aromatic N) is 2. The molecule has 0 bridgehead atoms. The Labute approximate surface area is 185 Å². The molecule has 3 aromatic carbocycles. The van der Waals surface area contributed by atoms with Gasteiger partial charge in [-0.25, -0.2) is 0 Å². The van der Waals surface area contributed by atoms with E-state index in [0.717, 1.165) is 22.4 Å². The number of hydrogen-bond donors (Lipinski definition) is 1. The Morgan fingerprint density at radius 2 is 1.74 bits per heavy atom. The lowest BCUT2D eigenvalue weighted by atomic mass is 10.1. The molecule has 1 heterocycles. The number of nitriles is 1. The second-order valence-corrected chi connectivity index (χ2v) is 7.46. The number of halogens is 1. The summed E-state index contributed by atoms with van der Waals surface area (Å²) in [6.07, 6.45) is 0. The minimum atomic E-state index is -0.0299. The molecule has 1 N–H and O–H groups in total. The standard InChI is InChI=1S/C25H20ClN3O2/c1-17(19-5-3-2-4-6-19)28-25-23(15-27)29-24(31-25)20-9-13-22(14-10-20)30-16-18-7-11-21(26)12-8-18/h2-14,17,28H,16H2,1H3. The topological polar surface area (TPSA) is 71.1 Å². The molecule has 0 radical (unpaired) electrons. The number of anilines is 1. The maximum atomic E-state index is 9.46. The summed E-state index contributed by atoms with van der Waals surface area (Å²) < 4.78 is 11.7. The molecule has 1 aromatic heterocycles. The molecule has 0 amide bonds. The van der Waals surface area contributed by atoms with Crippen LogP contribution in [-0.2, 0) is 6.61 Å². The molecule has 4 aromatic rings. The Hall–Kier alpha value is -3.75. The molecule has 6 heteroatoms. The van der Waals surface area contributed by atoms with Crippen LogP contribution in [0, 0.1) is 11.3 Å². The number of aromatic nitrogens is 1. The Kier molecular flexibility index (Phi) is 6.21. The van der Waals surface area contributed by atoms with Gasteiger partial charge in [-0.15, -0.1) is 0 Å². The third-order valence-electron chi connectivity index (χ3n) is 4.80. The largest absolute Gasteiger partial charge is 0.489 e. The molecule has 5 nitrogen and oxygen atoms in total. The van der Waals surface area contributed by atoms with Gasteiger partial charge >= 0.3 is 0 Å². The van der Waals surface area contributed by atoms with Crippen LogP contribution in [0.25, 0.3) is 11.5 Å². The lowest BCUT2D eigenvalue weighted by Gasteiger charge is -2.13. The second kappa shape index (κ2) is 9.38. The third-order valence-corrected chi connectivity index (χ3v) is 5.05. The van der Waals surface area contributed by atoms with Crippen molar-refractivity contribution in [1.29, 1.82) is 5.26 Å². The molecule has 31 heavy (non-hydrogen) atoms. The van der Waals surface area contributed by atoms with Crippen molar-refractivity contribution in [3.8, 4) is 23.3 Å². The monoisotopic (exact) mass is 429 g/mol. The van der Waals surface area contributed by atoms with E-state index in [0.29, 0.717) is 23.4 Å². The zero-order valence-electron chi connectivity index (χ0n) is 16.9. The molecule has 0 saturated carbocycles. The molecule has 4 rings (SSSR count). The van der Waals surface area contributed by atoms with Crippen molar-refractivity contribution in [2.24, 2.45) is 0 Å². The molecule has 1 atom stereocenters. The van der Waals surface area contributed by atoms with E-state index in [1.165, 1.54) is 0 Å². The van der Waals surface area contributed by atoms with E-state index in [4.69, 9.17) is 20.8 Å². The molecule has 154 valence electrons. The van der Waals surface area contributed by atoms with Gasteiger partial charge in [0.25, 0.3) is 0 Å². The summed E-state index contributed by atoms with van der Waals surface area (Å²) in [4.78, 5) is 4.33. The summed E-state index contributed by atoms with van der Waals surface area (Å²) in [5.74, 6) is 1.46. The highest BCUT2D eigenvalue weighted by Crippen LogP contribution is 2.29. The number of ether oxygens (including phenoxy) is 1. The molecule has 0 spiro atoms. The highest BCUT2D eigenvalue weighted by Gasteiger charge is 2.17. The molecule has 0 fully saturated rings. The van der Waals surface area contributed by atoms with Crippen LogP contribution in [0.4, 0.5) is 5.88 Å². The summed E-state index contributed by atoms with van der Waals surface area (Å²) in [5.41, 5.74) is 3.10. The van der Waals surface area contributed by atoms with Crippen LogP contribution in [0.5, 0.6) is 5.75 Å². The van der Waals surface area contributed by atoms with E-state index in [1.807, 2.05) is 85.8 Å². The maximum absolute atomic E-state index is 9.46. The van der Waals surface area contributed by atoms with Crippen LogP contribution < -0.4 is 10.1 Å². The zero-order valence-corrected chi connectivity index (χ0v) is 17.6. The molecule has 0 saturated heterocycles. The molecular weight excluding hydrogens is 410 g/mol. The molecule has 0 aliphatic heterocycles. The maximum Gasteiger partial charge on any atom is 0.233 e. The summed E-state index contributed by atoms with van der Waals surface area (Å²) in [6.45, 7) is 2.45. The SMILES string of the molecule is CC(Nc1oc(-c2ccc(OCc3ccc(Cl)cc3)cc2)nc1C#N)c1ccccc1. The van der Waals surface area contributed by atoms with Gasteiger partial charge in [0.15, 0.2) is 0 Å². The first kappa shape index (κ1) is 20.5. The van der Waals surface area contributed by atoms with Crippen molar-refractivity contribution in [3.05, 3.63) is 101 Å². The van der Waals surface area contributed by atoms with Gasteiger partial charge in [-0.1, -0.05) is 54.1 Å². The Morgan fingerprint density at radius 3 is 2.42 bits per heavy atom. The lowest BCUT2D eigenvalue weighted by molar-refractivity contribution is 0.306. The minimum absolute atomic E-state index is 0.0299. The van der Waals surface area contributed by atoms with Crippen molar-refractivity contribution in [1.82, 2.24) is 4.98 Å². The van der Waals surface area contributed by atoms with Crippen molar-refractivity contribution in [3.63, 3.8) is 0 Å². The van der Waals surface area contributed by atoms with Crippen LogP contribution in [0.1, 0.15) is 29.8 Å². The first-order valence-electron chi connectivity index (χ1n) is 9.82. The smallest absolute Gasteiger partial charge is 0.233 e. The number of oxazole rings is 1. The van der Waals surface area contributed by atoms with Gasteiger partial charge in [0, 0.05) is 10.6 Å². The predicted molar refractivity (Wildman–Crippen MR) is 121 cm³/mol. The van der Waals surface area contributed by atoms with Crippen LogP contribution in [0.15, 0.2) is 83.3 Å². The molecule has 0 aliphatic rings. The fourth-order valence-corrected chi connectivity index (χ4v) is 3.21. The Balaban J connectivity index is 1.45. The Morgan fingerprint density at radius 1 is 1.03 bits per heavy atom. The van der Waals surface area contributed by atoms with E-state index < -0.39 is 0 Å². The zero-order chi connectivity index (χ0) is 21.6. The van der Waals surface area contributed by atoms with Gasteiger partial charge in [0.2, 0.25) is 17.5 Å². The normalized spacial score (nSPS) is 11.5. The van der Waals surface area contributed by atoms with E-state index in [2.05, 4.69) is 16.4 Å². The van der Waals surface area contributed by atoms with Crippen LogP contribution in [0.2, 0.25) is 5.02 Å². The Bertz CT molecular complexity index is 1180. The van der Waals surface area contributed by atoms with Gasteiger partial charge in [-0.3, -0.25) is 0 Å². The van der Waals surface area contributed by atoms with Gasteiger partial charge in [-0.05, 0) is 54.4 Å². The van der Waals surface area contributed by atoms with Gasteiger partial charge in [-0.2, -0.15) is 10.2 Å². The summed E-state index contributed by atoms with van der Waals surface area (Å²) in [5, 5.41) is 13.4. The first-order valence-corrected chi connectivity index (χ1v) is 10.2. The quantitative estimate of drug-likeness (QED) is 0.357. The van der Waals surface area contributed by atoms with Crippen molar-refractivity contribution in [2.75, 3.05) is 5.32 Å². The highest BCUT2D eigenvalue weighted by atomic mass is 35.5. The first-order chi connectivity index (χ1) is 15.1. The van der Waals surface area contributed by atoms with E-state index in [-0.39, 0.29) is 11.7 Å². The summed E-state index contributed by atoms with van der Waals surface area (Å²) >= 11 is 5.91. The van der Waals surface area contributed by atoms with Crippen molar-refractivity contribution < 1.29 is 9.15 Å². The molecule has 0 aliphatic carbocycles. The lowest BCUT2D eigenvalue weighted by Crippen LogP contribution is -2.06. The van der Waals surface area contributed by atoms with E-state index >= 15 is 0 Å². The van der Waals surface area contributed by atoms with Gasteiger partial charge < -0.3 is 14.5 Å². The average Bonchev–Trinajstić information content (AvgIpc) is 3.22. The summed E-state index contributed by atoms with van der Waals surface area (Å²) in [7, 11) is 0. The van der Waals surface area contributed by atoms with E-state index in [1.54, 1.807) is 0 Å². The number of hydrogen-bond acceptors (Lipinski definition) is 5. The van der Waals surface area contributed by atoms with Crippen LogP contribution >= 0.6 is 11.6 Å². The summed E-state index contributed by atoms with van der Waals surface area (Å²) in [6, 6.07) is 26.9. The van der Waals surface area contributed by atoms with Gasteiger partial charge in [0.1, 0.15) is 18.4 Å². The fourth-order valence-electron chi connectivity index (χ4n) is 3.08. The number of rotatable bonds is 7. The fraction of sp³-hybridized carbons (Fsp3) is 0.120. The predicted octanol–water partition coefficient (Wildman–Crippen LogP) is 6.62. The second-order valence-electron chi connectivity index (χ2n) is 7.02. The highest BCUT2D eigenvalue weighted by molar-refractivity contribution is 6.30. The van der Waals surface area contributed by atoms with Gasteiger partial charge in [0.05, 0.1) is 6.04 Å². The van der Waals surface area contributed by atoms with E-state index in [9.17, 15) is 5.26 Å². The van der Waals surface area contributed by atoms with Crippen molar-refractivity contribution >= 4 is 17.5 Å². The minimum Gasteiger partial charge on any atom is -0.489 e. The molecular formula is C25H20ClN3O2.